The number of hydrogen-bond acceptors (Lipinski definition) is 23. The molecule has 0 saturated carbocycles. The first-order valence-electron chi connectivity index (χ1n) is 24.9. The van der Waals surface area contributed by atoms with Crippen LogP contribution in [0.3, 0.4) is 0 Å². The quantitative estimate of drug-likeness (QED) is 0.0330. The number of likely N-dealkylation sites (tertiary alicyclic amines) is 1. The largest absolute Gasteiger partial charge is 0.492 e. The average Bonchev–Trinajstić information content (AvgIpc) is 3.96. The van der Waals surface area contributed by atoms with Crippen LogP contribution in [0.5, 0.6) is 5.75 Å². The van der Waals surface area contributed by atoms with Crippen LogP contribution in [0.25, 0.3) is 10.9 Å². The number of carbonyl (C=O) groups is 9. The number of benzene rings is 1. The fourth-order valence-electron chi connectivity index (χ4n) is 9.36. The molecule has 1 aromatic heterocycles. The molecule has 4 unspecified atom stereocenters. The zero-order valence-corrected chi connectivity index (χ0v) is 43.3. The van der Waals surface area contributed by atoms with E-state index in [-0.39, 0.29) is 125 Å². The predicted molar refractivity (Wildman–Crippen MR) is 260 cm³/mol. The Morgan fingerprint density at radius 2 is 1.29 bits per heavy atom. The summed E-state index contributed by atoms with van der Waals surface area (Å²) in [6.07, 6.45) is -8.52. The maximum absolute atomic E-state index is 13.6. The van der Waals surface area contributed by atoms with Crippen molar-refractivity contribution in [3.63, 3.8) is 0 Å². The number of morpholine rings is 2. The number of carbonyl (C=O) groups excluding carboxylic acids is 9. The Morgan fingerprint density at radius 3 is 1.83 bits per heavy atom. The van der Waals surface area contributed by atoms with Crippen LogP contribution in [0, 0.1) is 0 Å². The molecule has 5 aliphatic heterocycles. The number of aliphatic hydroxyl groups is 4. The predicted octanol–water partition coefficient (Wildman–Crippen LogP) is -4.18. The van der Waals surface area contributed by atoms with E-state index >= 15 is 0 Å². The van der Waals surface area contributed by atoms with Gasteiger partial charge in [-0.05, 0) is 25.1 Å². The van der Waals surface area contributed by atoms with Crippen LogP contribution in [0.15, 0.2) is 24.4 Å². The van der Waals surface area contributed by atoms with Crippen molar-refractivity contribution in [2.45, 2.75) is 100 Å². The fourth-order valence-corrected chi connectivity index (χ4v) is 10.3. The van der Waals surface area contributed by atoms with Gasteiger partial charge in [-0.3, -0.25) is 43.3 Å². The highest BCUT2D eigenvalue weighted by molar-refractivity contribution is 8.01. The highest BCUT2D eigenvalue weighted by Gasteiger charge is 2.51. The van der Waals surface area contributed by atoms with Gasteiger partial charge in [-0.1, -0.05) is 0 Å². The Hall–Kier alpha value is -5.86. The summed E-state index contributed by atoms with van der Waals surface area (Å²) in [5.74, 6) is -4.08. The Kier molecular flexibility index (Phi) is 20.7. The SMILES string of the molecule is CC(=O)CSC1CC(=O)N(CCOc2ccc3c(c2)c(C(=O)OCCOCC(=O)NC[C@H]2OC4OCCN(C(C)=O)[C@@H]4[C@@H](O)[C@H]2O)cn3CC(=O)OCCOCC(=O)NCC2OC3OCCN(C(C)=O)[C@@H]3[C@@H](O)[C@H]2O)C1=O. The number of ether oxygens (including phenoxy) is 9. The minimum atomic E-state index is -1.45. The minimum absolute atomic E-state index is 0.00539. The number of nitrogens with zero attached hydrogens (tertiary/aromatic N) is 4. The number of esters is 2. The summed E-state index contributed by atoms with van der Waals surface area (Å²) in [5.41, 5.74) is 0.370. The highest BCUT2D eigenvalue weighted by Crippen LogP contribution is 2.32. The van der Waals surface area contributed by atoms with Gasteiger partial charge in [0.1, 0.15) is 99.8 Å². The summed E-state index contributed by atoms with van der Waals surface area (Å²) in [4.78, 5) is 117. The van der Waals surface area contributed by atoms with Crippen LogP contribution < -0.4 is 15.4 Å². The average molecular weight is 1110 g/mol. The number of amides is 6. The van der Waals surface area contributed by atoms with Crippen molar-refractivity contribution in [2.24, 2.45) is 0 Å². The van der Waals surface area contributed by atoms with Gasteiger partial charge in [-0.25, -0.2) is 4.79 Å². The third-order valence-corrected chi connectivity index (χ3v) is 14.5. The first-order valence-corrected chi connectivity index (χ1v) is 25.9. The molecule has 0 radical (unpaired) electrons. The van der Waals surface area contributed by atoms with E-state index in [4.69, 9.17) is 42.6 Å². The molecule has 6 N–H and O–H groups in total. The number of Topliss-reactive ketones (excluding diaryl/α,β-unsaturated/α-hetero) is 1. The van der Waals surface area contributed by atoms with Crippen molar-refractivity contribution in [1.29, 1.82) is 0 Å². The number of nitrogens with one attached hydrogen (secondary N) is 2. The lowest BCUT2D eigenvalue weighted by molar-refractivity contribution is -0.296. The molecular formula is C48H64N6O22S. The lowest BCUT2D eigenvalue weighted by Gasteiger charge is -2.49. The molecule has 29 heteroatoms. The molecule has 7 rings (SSSR count). The van der Waals surface area contributed by atoms with Crippen LogP contribution in [0.4, 0.5) is 0 Å². The second-order valence-corrected chi connectivity index (χ2v) is 19.7. The molecule has 6 amide bonds. The van der Waals surface area contributed by atoms with Gasteiger partial charge >= 0.3 is 11.9 Å². The summed E-state index contributed by atoms with van der Waals surface area (Å²) >= 11 is 1.10. The molecule has 0 bridgehead atoms. The Labute approximate surface area is 444 Å². The van der Waals surface area contributed by atoms with Gasteiger partial charge in [0, 0.05) is 63.5 Å². The van der Waals surface area contributed by atoms with Gasteiger partial charge < -0.3 is 88.1 Å². The standard InChI is InChI=1S/C48H64N6O22S/c1-25(55)24-77-34-17-37(60)54(45(34)66)8-9-70-28-4-5-31-29(16-28)30(46(67)72-15-13-69-23-36(59)50-19-33-42(63)44(65)40-48(76-33)74-11-7-53(40)27(3)57)20-51(31)21-38(61)71-14-12-68-22-35(58)49-18-32-41(62)43(64)39-47(75-32)73-10-6-52(39)26(2)56/h4-5,16,20,32-34,39-44,47-48,62-65H,6-15,17-19,21-24H2,1-3H3,(H,49,58)(H,50,59)/t32?,33-,34?,39-,40-,41+,42+,43-,44-,47?,48?/m1/s1. The molecule has 11 atom stereocenters. The first-order chi connectivity index (χ1) is 36.8. The molecule has 77 heavy (non-hydrogen) atoms. The van der Waals surface area contributed by atoms with Crippen molar-refractivity contribution in [3.8, 4) is 5.75 Å². The van der Waals surface area contributed by atoms with Crippen LogP contribution in [-0.2, 0) is 82.8 Å². The van der Waals surface area contributed by atoms with E-state index in [0.29, 0.717) is 5.52 Å². The van der Waals surface area contributed by atoms with E-state index in [0.717, 1.165) is 16.7 Å². The number of thioether (sulfide) groups is 1. The number of aromatic nitrogens is 1. The molecule has 424 valence electrons. The smallest absolute Gasteiger partial charge is 0.340 e. The number of aliphatic hydroxyl groups excluding tert-OH is 4. The summed E-state index contributed by atoms with van der Waals surface area (Å²) in [6, 6.07) is 2.78. The van der Waals surface area contributed by atoms with Crippen molar-refractivity contribution >= 4 is 75.8 Å². The van der Waals surface area contributed by atoms with Gasteiger partial charge in [0.05, 0.1) is 49.5 Å². The maximum Gasteiger partial charge on any atom is 0.340 e. The Morgan fingerprint density at radius 1 is 0.727 bits per heavy atom. The Balaban J connectivity index is 0.881. The molecule has 2 aromatic rings. The molecule has 6 heterocycles. The molecule has 0 aliphatic carbocycles. The molecule has 5 fully saturated rings. The summed E-state index contributed by atoms with van der Waals surface area (Å²) in [6.45, 7) is 1.81. The third kappa shape index (κ3) is 14.8. The van der Waals surface area contributed by atoms with Crippen LogP contribution in [-0.4, -0.2) is 257 Å². The number of hydrogen-bond donors (Lipinski definition) is 6. The highest BCUT2D eigenvalue weighted by atomic mass is 32.2. The molecule has 5 saturated heterocycles. The van der Waals surface area contributed by atoms with Gasteiger partial charge in [-0.2, -0.15) is 0 Å². The lowest BCUT2D eigenvalue weighted by atomic mass is 9.94. The van der Waals surface area contributed by atoms with Gasteiger partial charge in [-0.15, -0.1) is 11.8 Å². The van der Waals surface area contributed by atoms with E-state index in [1.165, 1.54) is 47.4 Å². The fraction of sp³-hybridized carbons (Fsp3) is 0.646. The second kappa shape index (κ2) is 27.1. The molecule has 0 spiro atoms. The van der Waals surface area contributed by atoms with E-state index in [1.807, 2.05) is 0 Å². The van der Waals surface area contributed by atoms with Gasteiger partial charge in [0.15, 0.2) is 12.6 Å². The van der Waals surface area contributed by atoms with Crippen molar-refractivity contribution in [1.82, 2.24) is 29.9 Å². The summed E-state index contributed by atoms with van der Waals surface area (Å²) in [7, 11) is 0. The van der Waals surface area contributed by atoms with Gasteiger partial charge in [0.2, 0.25) is 35.4 Å². The Bertz CT molecular complexity index is 2490. The van der Waals surface area contributed by atoms with Crippen LogP contribution >= 0.6 is 11.8 Å². The maximum atomic E-state index is 13.6. The minimum Gasteiger partial charge on any atom is -0.492 e. The number of imide groups is 1. The zero-order valence-electron chi connectivity index (χ0n) is 42.5. The molecule has 28 nitrogen and oxygen atoms in total. The summed E-state index contributed by atoms with van der Waals surface area (Å²) in [5, 5.41) is 47.5. The van der Waals surface area contributed by atoms with E-state index in [9.17, 15) is 63.6 Å². The van der Waals surface area contributed by atoms with Crippen molar-refractivity contribution in [3.05, 3.63) is 30.0 Å². The first kappa shape index (κ1) is 58.8. The normalized spacial score (nSPS) is 27.2. The third-order valence-electron chi connectivity index (χ3n) is 13.2. The topological polar surface area (TPSA) is 356 Å². The van der Waals surface area contributed by atoms with Crippen molar-refractivity contribution in [2.75, 3.05) is 97.9 Å². The zero-order chi connectivity index (χ0) is 55.5. The monoisotopic (exact) mass is 1110 g/mol. The molecular weight excluding hydrogens is 1040 g/mol. The molecule has 1 aromatic carbocycles. The lowest BCUT2D eigenvalue weighted by Crippen LogP contribution is -2.68. The van der Waals surface area contributed by atoms with E-state index in [2.05, 4.69) is 10.6 Å². The number of ketones is 1. The van der Waals surface area contributed by atoms with Crippen LogP contribution in [0.2, 0.25) is 0 Å². The van der Waals surface area contributed by atoms with Gasteiger partial charge in [0.25, 0.3) is 0 Å². The van der Waals surface area contributed by atoms with Crippen LogP contribution in [0.1, 0.15) is 37.6 Å². The van der Waals surface area contributed by atoms with Crippen molar-refractivity contribution < 1.29 is 106 Å². The summed E-state index contributed by atoms with van der Waals surface area (Å²) < 4.78 is 51.5. The second-order valence-electron chi connectivity index (χ2n) is 18.6. The molecule has 5 aliphatic rings. The number of fused-ring (bicyclic) bond motifs is 3. The number of rotatable bonds is 24. The van der Waals surface area contributed by atoms with E-state index < -0.39 is 122 Å². The van der Waals surface area contributed by atoms with E-state index in [1.54, 1.807) is 12.1 Å².